The number of hydrogen-bond donors (Lipinski definition) is 4. The highest BCUT2D eigenvalue weighted by molar-refractivity contribution is 7.08. The maximum atomic E-state index is 11.6. The summed E-state index contributed by atoms with van der Waals surface area (Å²) in [4.78, 5) is 11.6. The summed E-state index contributed by atoms with van der Waals surface area (Å²) in [5, 5.41) is 28.1. The number of urea groups is 1. The Morgan fingerprint density at radius 2 is 2.32 bits per heavy atom. The molecule has 1 aromatic rings. The van der Waals surface area contributed by atoms with Gasteiger partial charge in [0.15, 0.2) is 0 Å². The van der Waals surface area contributed by atoms with Crippen LogP contribution >= 0.6 is 11.3 Å². The van der Waals surface area contributed by atoms with E-state index in [0.29, 0.717) is 6.42 Å². The van der Waals surface area contributed by atoms with Crippen molar-refractivity contribution in [2.75, 3.05) is 13.2 Å². The highest BCUT2D eigenvalue weighted by Crippen LogP contribution is 2.21. The predicted molar refractivity (Wildman–Crippen MR) is 76.2 cm³/mol. The van der Waals surface area contributed by atoms with Crippen molar-refractivity contribution in [3.63, 3.8) is 0 Å². The Morgan fingerprint density at radius 3 is 2.89 bits per heavy atom. The fourth-order valence-corrected chi connectivity index (χ4v) is 2.45. The largest absolute Gasteiger partial charge is 0.396 e. The first-order valence-electron chi connectivity index (χ1n) is 6.36. The molecule has 0 fully saturated rings. The molecule has 2 atom stereocenters. The molecule has 0 saturated heterocycles. The number of thiophene rings is 1. The Kier molecular flexibility index (Phi) is 6.27. The molecule has 0 spiro atoms. The van der Waals surface area contributed by atoms with Crippen molar-refractivity contribution in [3.05, 3.63) is 22.4 Å². The van der Waals surface area contributed by atoms with Crippen LogP contribution in [0.25, 0.3) is 0 Å². The molecule has 1 rings (SSSR count). The number of amides is 2. The second kappa shape index (κ2) is 7.47. The summed E-state index contributed by atoms with van der Waals surface area (Å²) in [7, 11) is 0. The Hall–Kier alpha value is -1.11. The molecule has 0 aliphatic heterocycles. The van der Waals surface area contributed by atoms with E-state index in [0.717, 1.165) is 12.0 Å². The smallest absolute Gasteiger partial charge is 0.315 e. The molecular formula is C13H22N2O3S. The fourth-order valence-electron chi connectivity index (χ4n) is 1.67. The van der Waals surface area contributed by atoms with Crippen LogP contribution in [0.1, 0.15) is 32.3 Å². The molecule has 0 radical (unpaired) electrons. The predicted octanol–water partition coefficient (Wildman–Crippen LogP) is 1.42. The van der Waals surface area contributed by atoms with E-state index in [-0.39, 0.29) is 25.2 Å². The molecule has 108 valence electrons. The van der Waals surface area contributed by atoms with Crippen LogP contribution in [0.2, 0.25) is 0 Å². The lowest BCUT2D eigenvalue weighted by atomic mass is 9.99. The van der Waals surface area contributed by atoms with Gasteiger partial charge >= 0.3 is 6.03 Å². The number of aliphatic hydroxyl groups excluding tert-OH is 1. The summed E-state index contributed by atoms with van der Waals surface area (Å²) < 4.78 is 0. The lowest BCUT2D eigenvalue weighted by Gasteiger charge is -2.23. The van der Waals surface area contributed by atoms with Crippen molar-refractivity contribution in [1.29, 1.82) is 0 Å². The summed E-state index contributed by atoms with van der Waals surface area (Å²) in [6.45, 7) is 3.83. The second-order valence-corrected chi connectivity index (χ2v) is 5.66. The Balaban J connectivity index is 2.34. The van der Waals surface area contributed by atoms with Gasteiger partial charge in [0, 0.05) is 12.6 Å². The molecule has 0 aliphatic carbocycles. The van der Waals surface area contributed by atoms with Crippen molar-refractivity contribution >= 4 is 17.4 Å². The maximum Gasteiger partial charge on any atom is 0.315 e. The average Bonchev–Trinajstić information content (AvgIpc) is 2.88. The van der Waals surface area contributed by atoms with Gasteiger partial charge in [-0.05, 0) is 49.1 Å². The zero-order valence-corrected chi connectivity index (χ0v) is 12.2. The van der Waals surface area contributed by atoms with E-state index in [4.69, 9.17) is 5.11 Å². The first-order chi connectivity index (χ1) is 8.95. The number of carbonyl (C=O) groups excluding carboxylic acids is 1. The standard InChI is InChI=1S/C13H22N2O3S/c1-10(4-3-6-16)15-12(17)14-9-13(2,18)11-5-7-19-8-11/h5,7-8,10,16,18H,3-4,6,9H2,1-2H3,(H2,14,15,17). The fraction of sp³-hybridized carbons (Fsp3) is 0.615. The van der Waals surface area contributed by atoms with E-state index in [9.17, 15) is 9.90 Å². The minimum Gasteiger partial charge on any atom is -0.396 e. The number of carbonyl (C=O) groups is 1. The van der Waals surface area contributed by atoms with Crippen LogP contribution in [0.15, 0.2) is 16.8 Å². The van der Waals surface area contributed by atoms with Crippen LogP contribution in [-0.2, 0) is 5.60 Å². The van der Waals surface area contributed by atoms with Gasteiger partial charge < -0.3 is 20.8 Å². The molecule has 2 amide bonds. The third-order valence-electron chi connectivity index (χ3n) is 2.91. The van der Waals surface area contributed by atoms with Gasteiger partial charge in [-0.3, -0.25) is 0 Å². The Morgan fingerprint density at radius 1 is 1.58 bits per heavy atom. The molecule has 6 heteroatoms. The van der Waals surface area contributed by atoms with Gasteiger partial charge in [-0.1, -0.05) is 0 Å². The average molecular weight is 286 g/mol. The third kappa shape index (κ3) is 5.59. The first-order valence-corrected chi connectivity index (χ1v) is 7.30. The topological polar surface area (TPSA) is 81.6 Å². The second-order valence-electron chi connectivity index (χ2n) is 4.88. The highest BCUT2D eigenvalue weighted by Gasteiger charge is 2.24. The molecule has 19 heavy (non-hydrogen) atoms. The SMILES string of the molecule is CC(CCCO)NC(=O)NCC(C)(O)c1ccsc1. The molecule has 0 aromatic carbocycles. The van der Waals surface area contributed by atoms with Gasteiger partial charge in [0.1, 0.15) is 5.60 Å². The molecule has 4 N–H and O–H groups in total. The number of nitrogens with one attached hydrogen (secondary N) is 2. The number of aliphatic hydroxyl groups is 2. The lowest BCUT2D eigenvalue weighted by molar-refractivity contribution is 0.0597. The van der Waals surface area contributed by atoms with Gasteiger partial charge in [0.05, 0.1) is 6.54 Å². The summed E-state index contributed by atoms with van der Waals surface area (Å²) in [6.07, 6.45) is 1.39. The normalized spacial score (nSPS) is 15.6. The molecule has 5 nitrogen and oxygen atoms in total. The van der Waals surface area contributed by atoms with Gasteiger partial charge in [0.2, 0.25) is 0 Å². The van der Waals surface area contributed by atoms with Crippen LogP contribution in [0.4, 0.5) is 4.79 Å². The molecular weight excluding hydrogens is 264 g/mol. The Bertz CT molecular complexity index is 379. The zero-order chi connectivity index (χ0) is 14.3. The first kappa shape index (κ1) is 15.9. The highest BCUT2D eigenvalue weighted by atomic mass is 32.1. The minimum absolute atomic E-state index is 0.00162. The van der Waals surface area contributed by atoms with Crippen molar-refractivity contribution in [2.24, 2.45) is 0 Å². The summed E-state index contributed by atoms with van der Waals surface area (Å²) >= 11 is 1.51. The van der Waals surface area contributed by atoms with E-state index in [1.165, 1.54) is 11.3 Å². The molecule has 0 aliphatic rings. The van der Waals surface area contributed by atoms with Crippen LogP contribution in [0.5, 0.6) is 0 Å². The molecule has 2 unspecified atom stereocenters. The van der Waals surface area contributed by atoms with E-state index < -0.39 is 5.60 Å². The van der Waals surface area contributed by atoms with E-state index in [1.54, 1.807) is 6.92 Å². The monoisotopic (exact) mass is 286 g/mol. The minimum atomic E-state index is -1.06. The summed E-state index contributed by atoms with van der Waals surface area (Å²) in [5.74, 6) is 0. The molecule has 1 heterocycles. The van der Waals surface area contributed by atoms with E-state index >= 15 is 0 Å². The van der Waals surface area contributed by atoms with Crippen molar-refractivity contribution in [3.8, 4) is 0 Å². The Labute approximate surface area is 117 Å². The number of hydrogen-bond acceptors (Lipinski definition) is 4. The van der Waals surface area contributed by atoms with Crippen LogP contribution in [-0.4, -0.2) is 35.4 Å². The van der Waals surface area contributed by atoms with E-state index in [1.807, 2.05) is 23.8 Å². The molecule has 0 bridgehead atoms. The van der Waals surface area contributed by atoms with Gasteiger partial charge in [0.25, 0.3) is 0 Å². The van der Waals surface area contributed by atoms with Crippen molar-refractivity contribution in [1.82, 2.24) is 10.6 Å². The van der Waals surface area contributed by atoms with Crippen molar-refractivity contribution in [2.45, 2.75) is 38.3 Å². The van der Waals surface area contributed by atoms with Gasteiger partial charge in [-0.2, -0.15) is 11.3 Å². The summed E-state index contributed by atoms with van der Waals surface area (Å²) in [6, 6.07) is 1.54. The number of rotatable bonds is 7. The molecule has 0 saturated carbocycles. The van der Waals surface area contributed by atoms with Crippen LogP contribution < -0.4 is 10.6 Å². The third-order valence-corrected chi connectivity index (χ3v) is 3.59. The summed E-state index contributed by atoms with van der Waals surface area (Å²) in [5.41, 5.74) is -0.266. The van der Waals surface area contributed by atoms with Gasteiger partial charge in [-0.15, -0.1) is 0 Å². The zero-order valence-electron chi connectivity index (χ0n) is 11.3. The van der Waals surface area contributed by atoms with E-state index in [2.05, 4.69) is 10.6 Å². The van der Waals surface area contributed by atoms with Crippen molar-refractivity contribution < 1.29 is 15.0 Å². The van der Waals surface area contributed by atoms with Crippen LogP contribution in [0, 0.1) is 0 Å². The maximum absolute atomic E-state index is 11.6. The van der Waals surface area contributed by atoms with Crippen LogP contribution in [0.3, 0.4) is 0 Å². The lowest BCUT2D eigenvalue weighted by Crippen LogP contribution is -2.46. The molecule has 1 aromatic heterocycles. The quantitative estimate of drug-likeness (QED) is 0.612. The van der Waals surface area contributed by atoms with Gasteiger partial charge in [-0.25, -0.2) is 4.79 Å².